The van der Waals surface area contributed by atoms with Gasteiger partial charge in [-0.05, 0) is 59.8 Å². The van der Waals surface area contributed by atoms with Crippen LogP contribution in [0.2, 0.25) is 0 Å². The summed E-state index contributed by atoms with van der Waals surface area (Å²) >= 11 is 8.80. The molecule has 0 heterocycles. The predicted octanol–water partition coefficient (Wildman–Crippen LogP) is 7.13. The number of hydrogen-bond acceptors (Lipinski definition) is 2. The number of aromatic hydroxyl groups is 1. The van der Waals surface area contributed by atoms with E-state index in [1.54, 1.807) is 0 Å². The minimum atomic E-state index is -0.0105. The van der Waals surface area contributed by atoms with Crippen LogP contribution in [-0.2, 0) is 16.2 Å². The average Bonchev–Trinajstić information content (AvgIpc) is 2.41. The van der Waals surface area contributed by atoms with Gasteiger partial charge in [-0.1, -0.05) is 69.6 Å². The van der Waals surface area contributed by atoms with E-state index in [1.165, 1.54) is 24.8 Å². The molecule has 3 atom stereocenters. The van der Waals surface area contributed by atoms with Crippen molar-refractivity contribution in [2.75, 3.05) is 0 Å². The summed E-state index contributed by atoms with van der Waals surface area (Å²) in [6.07, 6.45) is 5.86. The molecule has 146 valence electrons. The Labute approximate surface area is 173 Å². The molecule has 0 saturated heterocycles. The number of alkyl halides is 1. The van der Waals surface area contributed by atoms with E-state index >= 15 is 0 Å². The molecule has 3 heteroatoms. The monoisotopic (exact) mass is 438 g/mol. The summed E-state index contributed by atoms with van der Waals surface area (Å²) in [5.74, 6) is 1.19. The molecule has 0 aromatic heterocycles. The van der Waals surface area contributed by atoms with E-state index in [0.29, 0.717) is 22.4 Å². The summed E-state index contributed by atoms with van der Waals surface area (Å²) in [6.45, 7) is 13.9. The van der Waals surface area contributed by atoms with E-state index in [-0.39, 0.29) is 15.6 Å². The largest absolute Gasteiger partial charge is 0.507 e. The molecule has 2 fully saturated rings. The lowest BCUT2D eigenvalue weighted by atomic mass is 9.54. The standard InChI is InChI=1S/C23H35BrOS/c1-20(2,3)17-7-16(12-24)19(25)18(8-17)22(6)10-15-9-21(4,5)13-23(26,11-15)14-22/h7-8,15,25-26H,9-14H2,1-6H3. The van der Waals surface area contributed by atoms with Crippen LogP contribution in [0.3, 0.4) is 0 Å². The Hall–Kier alpha value is -0.150. The number of benzene rings is 1. The molecule has 2 bridgehead atoms. The Morgan fingerprint density at radius 2 is 1.77 bits per heavy atom. The lowest BCUT2D eigenvalue weighted by molar-refractivity contribution is 0.0630. The number of rotatable bonds is 2. The number of phenolic OH excluding ortho intramolecular Hbond substituents is 1. The van der Waals surface area contributed by atoms with Gasteiger partial charge < -0.3 is 5.11 Å². The van der Waals surface area contributed by atoms with Crippen LogP contribution in [0.5, 0.6) is 5.75 Å². The van der Waals surface area contributed by atoms with Crippen molar-refractivity contribution in [1.82, 2.24) is 0 Å². The number of thiol groups is 1. The van der Waals surface area contributed by atoms with Gasteiger partial charge in [0.05, 0.1) is 0 Å². The summed E-state index contributed by atoms with van der Waals surface area (Å²) < 4.78 is 0.0815. The summed E-state index contributed by atoms with van der Waals surface area (Å²) in [5.41, 5.74) is 3.90. The third kappa shape index (κ3) is 3.85. The molecule has 3 rings (SSSR count). The summed E-state index contributed by atoms with van der Waals surface area (Å²) in [5, 5.41) is 11.8. The van der Waals surface area contributed by atoms with Crippen LogP contribution in [0.4, 0.5) is 0 Å². The van der Waals surface area contributed by atoms with E-state index in [9.17, 15) is 5.11 Å². The number of phenols is 1. The fourth-order valence-electron chi connectivity index (χ4n) is 6.04. The highest BCUT2D eigenvalue weighted by Crippen LogP contribution is 2.60. The molecule has 1 aromatic rings. The minimum Gasteiger partial charge on any atom is -0.507 e. The molecule has 26 heavy (non-hydrogen) atoms. The maximum Gasteiger partial charge on any atom is 0.123 e. The first kappa shape index (κ1) is 20.6. The zero-order valence-corrected chi connectivity index (χ0v) is 19.7. The first-order valence-corrected chi connectivity index (χ1v) is 11.5. The van der Waals surface area contributed by atoms with Gasteiger partial charge in [0.1, 0.15) is 5.75 Å². The summed E-state index contributed by atoms with van der Waals surface area (Å²) in [7, 11) is 0. The Bertz CT molecular complexity index is 703. The van der Waals surface area contributed by atoms with Gasteiger partial charge in [-0.3, -0.25) is 0 Å². The van der Waals surface area contributed by atoms with Gasteiger partial charge in [-0.25, -0.2) is 0 Å². The van der Waals surface area contributed by atoms with Gasteiger partial charge >= 0.3 is 0 Å². The van der Waals surface area contributed by atoms with E-state index in [0.717, 1.165) is 24.0 Å². The van der Waals surface area contributed by atoms with Gasteiger partial charge in [0, 0.05) is 21.2 Å². The van der Waals surface area contributed by atoms with Crippen molar-refractivity contribution in [1.29, 1.82) is 0 Å². The number of halogens is 1. The van der Waals surface area contributed by atoms with Gasteiger partial charge in [-0.2, -0.15) is 12.6 Å². The molecule has 0 radical (unpaired) electrons. The van der Waals surface area contributed by atoms with Crippen LogP contribution in [0.15, 0.2) is 12.1 Å². The number of fused-ring (bicyclic) bond motifs is 2. The topological polar surface area (TPSA) is 20.2 Å². The molecule has 1 nitrogen and oxygen atoms in total. The lowest BCUT2D eigenvalue weighted by Crippen LogP contribution is -2.49. The maximum atomic E-state index is 11.1. The second-order valence-electron chi connectivity index (χ2n) is 11.2. The average molecular weight is 440 g/mol. The highest BCUT2D eigenvalue weighted by atomic mass is 79.9. The maximum absolute atomic E-state index is 11.1. The van der Waals surface area contributed by atoms with E-state index in [4.69, 9.17) is 12.6 Å². The first-order valence-electron chi connectivity index (χ1n) is 9.92. The smallest absolute Gasteiger partial charge is 0.123 e. The van der Waals surface area contributed by atoms with E-state index in [2.05, 4.69) is 69.6 Å². The quantitative estimate of drug-likeness (QED) is 0.371. The zero-order chi connectivity index (χ0) is 19.5. The predicted molar refractivity (Wildman–Crippen MR) is 119 cm³/mol. The van der Waals surface area contributed by atoms with Crippen molar-refractivity contribution in [2.45, 2.75) is 94.6 Å². The first-order chi connectivity index (χ1) is 11.8. The lowest BCUT2D eigenvalue weighted by Gasteiger charge is -2.55. The van der Waals surface area contributed by atoms with Crippen molar-refractivity contribution in [2.24, 2.45) is 11.3 Å². The zero-order valence-electron chi connectivity index (χ0n) is 17.2. The highest BCUT2D eigenvalue weighted by molar-refractivity contribution is 9.08. The van der Waals surface area contributed by atoms with Gasteiger partial charge in [0.15, 0.2) is 0 Å². The molecular formula is C23H35BrOS. The van der Waals surface area contributed by atoms with Crippen molar-refractivity contribution < 1.29 is 5.11 Å². The highest BCUT2D eigenvalue weighted by Gasteiger charge is 2.52. The molecule has 1 N–H and O–H groups in total. The van der Waals surface area contributed by atoms with Crippen LogP contribution in [-0.4, -0.2) is 9.85 Å². The second kappa shape index (κ2) is 6.44. The van der Waals surface area contributed by atoms with Gasteiger partial charge in [0.2, 0.25) is 0 Å². The van der Waals surface area contributed by atoms with Crippen LogP contribution in [0.1, 0.15) is 90.3 Å². The fraction of sp³-hybridized carbons (Fsp3) is 0.739. The molecule has 1 aromatic carbocycles. The Balaban J connectivity index is 2.08. The molecule has 2 aliphatic rings. The molecule has 0 aliphatic heterocycles. The summed E-state index contributed by atoms with van der Waals surface area (Å²) in [6, 6.07) is 4.45. The van der Waals surface area contributed by atoms with E-state index < -0.39 is 0 Å². The van der Waals surface area contributed by atoms with Crippen molar-refractivity contribution >= 4 is 28.6 Å². The molecule has 3 unspecified atom stereocenters. The Kier molecular flexibility index (Phi) is 5.10. The van der Waals surface area contributed by atoms with Gasteiger partial charge in [0.25, 0.3) is 0 Å². The van der Waals surface area contributed by atoms with Crippen LogP contribution in [0, 0.1) is 11.3 Å². The van der Waals surface area contributed by atoms with Crippen LogP contribution >= 0.6 is 28.6 Å². The molecule has 2 saturated carbocycles. The van der Waals surface area contributed by atoms with E-state index in [1.807, 2.05) is 0 Å². The van der Waals surface area contributed by atoms with Crippen LogP contribution < -0.4 is 0 Å². The molecule has 2 aliphatic carbocycles. The minimum absolute atomic E-state index is 0.0105. The van der Waals surface area contributed by atoms with Crippen molar-refractivity contribution in [3.63, 3.8) is 0 Å². The second-order valence-corrected chi connectivity index (χ2v) is 12.7. The third-order valence-electron chi connectivity index (χ3n) is 6.63. The van der Waals surface area contributed by atoms with Crippen LogP contribution in [0.25, 0.3) is 0 Å². The fourth-order valence-corrected chi connectivity index (χ4v) is 7.50. The Morgan fingerprint density at radius 3 is 2.31 bits per heavy atom. The van der Waals surface area contributed by atoms with Crippen molar-refractivity contribution in [3.05, 3.63) is 28.8 Å². The third-order valence-corrected chi connectivity index (χ3v) is 7.73. The Morgan fingerprint density at radius 1 is 1.12 bits per heavy atom. The van der Waals surface area contributed by atoms with Crippen molar-refractivity contribution in [3.8, 4) is 5.75 Å². The van der Waals surface area contributed by atoms with Gasteiger partial charge in [-0.15, -0.1) is 0 Å². The molecule has 0 amide bonds. The normalized spacial score (nSPS) is 33.9. The number of hydrogen-bond donors (Lipinski definition) is 2. The summed E-state index contributed by atoms with van der Waals surface area (Å²) in [4.78, 5) is 0. The SMILES string of the molecule is CC1(C)CC2CC(S)(C1)CC(C)(c1cc(C(C)(C)C)cc(CBr)c1O)C2. The molecular weight excluding hydrogens is 404 g/mol. The molecule has 0 spiro atoms.